The van der Waals surface area contributed by atoms with Gasteiger partial charge >= 0.3 is 0 Å². The van der Waals surface area contributed by atoms with Crippen LogP contribution in [0, 0.1) is 0 Å². The molecule has 4 atom stereocenters. The van der Waals surface area contributed by atoms with Crippen molar-refractivity contribution in [2.75, 3.05) is 0 Å². The third-order valence-corrected chi connectivity index (χ3v) is 51.1. The number of benzene rings is 2. The zero-order valence-corrected chi connectivity index (χ0v) is 53.9. The average molecular weight is 1940 g/mol. The van der Waals surface area contributed by atoms with Crippen molar-refractivity contribution in [2.24, 2.45) is 0 Å². The predicted octanol–water partition coefficient (Wildman–Crippen LogP) is 17.9. The van der Waals surface area contributed by atoms with E-state index in [-0.39, 0.29) is 0 Å². The molecule has 2 saturated carbocycles. The maximum absolute atomic E-state index is 7.87. The van der Waals surface area contributed by atoms with Gasteiger partial charge in [-0.3, -0.25) is 0 Å². The Morgan fingerprint density at radius 3 is 0.809 bits per heavy atom. The number of hydrogen-bond acceptors (Lipinski definition) is 1. The molecule has 0 aliphatic heterocycles. The molecule has 2 aliphatic rings. The molecule has 0 radical (unpaired) electrons. The molecule has 264 valence electrons. The van der Waals surface area contributed by atoms with Crippen LogP contribution in [0.25, 0.3) is 0 Å². The largest absolute Gasteiger partial charge is 0.338 e. The molecule has 0 N–H and O–H groups in total. The van der Waals surface area contributed by atoms with E-state index in [1.807, 2.05) is 36.4 Å². The highest BCUT2D eigenvalue weighted by Crippen LogP contribution is 2.85. The third kappa shape index (κ3) is 6.67. The van der Waals surface area contributed by atoms with E-state index < -0.39 is 43.5 Å². The molecule has 0 heterocycles. The molecule has 1 nitrogen and oxygen atoms in total. The summed E-state index contributed by atoms with van der Waals surface area (Å²) < 4.78 is -5.60. The van der Waals surface area contributed by atoms with Gasteiger partial charge in [-0.15, -0.1) is 0 Å². The maximum atomic E-state index is 7.87. The normalized spacial score (nSPS) is 37.2. The van der Waals surface area contributed by atoms with Gasteiger partial charge in [0.2, 0.25) is 0 Å². The average Bonchev–Trinajstić information content (AvgIpc) is 2.95. The van der Waals surface area contributed by atoms with E-state index in [4.69, 9.17) is 4.74 Å². The number of hydrogen-bond donors (Lipinski definition) is 0. The van der Waals surface area contributed by atoms with Crippen molar-refractivity contribution in [1.29, 1.82) is 0 Å². The molecule has 2 aliphatic carbocycles. The fourth-order valence-corrected chi connectivity index (χ4v) is 28.5. The smallest absolute Gasteiger partial charge is 0.169 e. The molecule has 4 unspecified atom stereocenters. The lowest BCUT2D eigenvalue weighted by molar-refractivity contribution is -0.107. The van der Waals surface area contributed by atoms with Crippen molar-refractivity contribution in [3.63, 3.8) is 0 Å². The van der Waals surface area contributed by atoms with Crippen LogP contribution in [0.4, 0.5) is 0 Å². The highest BCUT2D eigenvalue weighted by Gasteiger charge is 2.91. The highest BCUT2D eigenvalue weighted by atomic mass is 80.0. The van der Waals surface area contributed by atoms with Crippen molar-refractivity contribution in [2.45, 2.75) is 56.4 Å². The number of halogens is 20. The predicted molar refractivity (Wildman–Crippen MR) is 273 cm³/mol. The van der Waals surface area contributed by atoms with Crippen LogP contribution in [0.5, 0.6) is 0 Å². The molecule has 0 spiro atoms. The molecule has 47 heavy (non-hydrogen) atoms. The molecule has 21 heteroatoms. The molecule has 2 aromatic rings. The summed E-state index contributed by atoms with van der Waals surface area (Å²) in [7, 11) is 0. The quantitative estimate of drug-likeness (QED) is 0.262. The first-order chi connectivity index (χ1) is 20.9. The van der Waals surface area contributed by atoms with Crippen LogP contribution in [0.3, 0.4) is 0 Å². The Morgan fingerprint density at radius 2 is 0.553 bits per heavy atom. The van der Waals surface area contributed by atoms with Crippen LogP contribution in [0.1, 0.15) is 11.1 Å². The summed E-state index contributed by atoms with van der Waals surface area (Å²) in [6.45, 7) is 0. The van der Waals surface area contributed by atoms with Gasteiger partial charge in [0.1, 0.15) is 25.9 Å². The number of ether oxygens (including phenoxy) is 1. The first kappa shape index (κ1) is 47.7. The summed E-state index contributed by atoms with van der Waals surface area (Å²) in [5.41, 5.74) is 2.08. The molecular weight excluding hydrogens is 1930 g/mol. The van der Waals surface area contributed by atoms with Gasteiger partial charge in [-0.05, 0) is 55.8 Å². The summed E-state index contributed by atoms with van der Waals surface area (Å²) >= 11 is 82.1. The van der Waals surface area contributed by atoms with Gasteiger partial charge in [0.05, 0.1) is 8.65 Å². The van der Waals surface area contributed by atoms with Gasteiger partial charge in [-0.1, -0.05) is 347 Å². The lowest BCUT2D eigenvalue weighted by atomic mass is 9.78. The van der Waals surface area contributed by atoms with E-state index in [1.54, 1.807) is 0 Å². The van der Waals surface area contributed by atoms with Gasteiger partial charge in [0, 0.05) is 0 Å². The molecule has 2 aromatic carbocycles. The molecule has 0 saturated heterocycles. The molecule has 0 bridgehead atoms. The first-order valence-electron chi connectivity index (χ1n) is 12.4. The van der Waals surface area contributed by atoms with Crippen molar-refractivity contribution >= 4 is 319 Å². The summed E-state index contributed by atoms with van der Waals surface area (Å²) in [6.07, 6.45) is 0.890. The Kier molecular flexibility index (Phi) is 15.7. The van der Waals surface area contributed by atoms with Crippen molar-refractivity contribution in [1.82, 2.24) is 0 Å². The van der Waals surface area contributed by atoms with E-state index in [0.717, 1.165) is 11.1 Å². The molecule has 0 aromatic heterocycles. The van der Waals surface area contributed by atoms with Crippen molar-refractivity contribution < 1.29 is 4.74 Å². The fraction of sp³-hybridized carbons (Fsp3) is 0.538. The third-order valence-electron chi connectivity index (χ3n) is 8.05. The van der Waals surface area contributed by atoms with Crippen molar-refractivity contribution in [3.8, 4) is 0 Å². The van der Waals surface area contributed by atoms with Crippen LogP contribution in [0.15, 0.2) is 60.7 Å². The monoisotopic (exact) mass is 1920 g/mol. The van der Waals surface area contributed by atoms with Gasteiger partial charge in [0.25, 0.3) is 0 Å². The SMILES string of the molecule is BrC1(Br)C(Br)(Br)C(Br)(Br)C(Br)(OC2(Br)C(Br)(Br)C(Br)(Br)C(Br)(Br)C(Br)(Br)C2(Br)Cc2ccccc2)C(Br)(Cc2ccccc2)C1(Br)Br. The summed E-state index contributed by atoms with van der Waals surface area (Å²) in [4.78, 5) is 0. The van der Waals surface area contributed by atoms with Crippen LogP contribution in [-0.2, 0) is 17.6 Å². The van der Waals surface area contributed by atoms with E-state index in [2.05, 4.69) is 343 Å². The standard InChI is InChI=1S/C26H14Br20O/c27-15(11-13-7-3-1-4-8-13)17(29,30)19(33,34)21(37,38)23(41,42)25(15,45)47-26(46)16(28,12-14-9-5-2-6-10-14)18(31,32)20(35,36)22(39,40)24(26,43)44/h1-10H,11-12H2. The summed E-state index contributed by atoms with van der Waals surface area (Å²) in [5.74, 6) is 0. The van der Waals surface area contributed by atoms with Crippen LogP contribution < -0.4 is 0 Å². The number of rotatable bonds is 6. The lowest BCUT2D eigenvalue weighted by Crippen LogP contribution is -2.86. The molecule has 4 rings (SSSR count). The molecular formula is C26H14Br20O. The Bertz CT molecular complexity index is 1380. The van der Waals surface area contributed by atoms with Gasteiger partial charge in [0.15, 0.2) is 9.02 Å². The maximum Gasteiger partial charge on any atom is 0.169 e. The Hall–Kier alpha value is 8.00. The minimum Gasteiger partial charge on any atom is -0.338 e. The zero-order valence-electron chi connectivity index (χ0n) is 22.2. The Morgan fingerprint density at radius 1 is 0.319 bits per heavy atom. The van der Waals surface area contributed by atoms with E-state index in [9.17, 15) is 0 Å². The second-order valence-electron chi connectivity index (χ2n) is 10.8. The van der Waals surface area contributed by atoms with Gasteiger partial charge in [-0.25, -0.2) is 0 Å². The van der Waals surface area contributed by atoms with E-state index in [1.165, 1.54) is 0 Å². The zero-order chi connectivity index (χ0) is 36.3. The molecule has 2 fully saturated rings. The Labute approximate surface area is 442 Å². The summed E-state index contributed by atoms with van der Waals surface area (Å²) in [6, 6.07) is 20.3. The van der Waals surface area contributed by atoms with E-state index >= 15 is 0 Å². The van der Waals surface area contributed by atoms with Crippen LogP contribution in [0.2, 0.25) is 0 Å². The lowest BCUT2D eigenvalue weighted by Gasteiger charge is -2.72. The van der Waals surface area contributed by atoms with Gasteiger partial charge < -0.3 is 4.74 Å². The van der Waals surface area contributed by atoms with Crippen LogP contribution in [-0.4, -0.2) is 43.5 Å². The first-order valence-corrected chi connectivity index (χ1v) is 28.3. The number of alkyl halides is 20. The minimum absolute atomic E-state index is 0.445. The highest BCUT2D eigenvalue weighted by molar-refractivity contribution is 9.36. The van der Waals surface area contributed by atoms with Gasteiger partial charge in [-0.2, -0.15) is 0 Å². The summed E-state index contributed by atoms with van der Waals surface area (Å²) in [5, 5.41) is 0. The fourth-order valence-electron chi connectivity index (χ4n) is 5.28. The minimum atomic E-state index is -1.44. The molecule has 0 amide bonds. The van der Waals surface area contributed by atoms with Crippen LogP contribution >= 0.6 is 319 Å². The second kappa shape index (κ2) is 15.5. The second-order valence-corrected chi connectivity index (χ2v) is 43.3. The topological polar surface area (TPSA) is 9.23 Å². The Balaban J connectivity index is 2.15. The van der Waals surface area contributed by atoms with E-state index in [0.29, 0.717) is 12.8 Å². The van der Waals surface area contributed by atoms with Crippen molar-refractivity contribution in [3.05, 3.63) is 71.8 Å².